The van der Waals surface area contributed by atoms with Gasteiger partial charge >= 0.3 is 0 Å². The van der Waals surface area contributed by atoms with E-state index in [1.807, 2.05) is 0 Å². The fourth-order valence-electron chi connectivity index (χ4n) is 4.37. The Kier molecular flexibility index (Phi) is 3.98. The van der Waals surface area contributed by atoms with E-state index in [0.717, 1.165) is 19.4 Å². The van der Waals surface area contributed by atoms with Crippen LogP contribution in [0.4, 0.5) is 0 Å². The smallest absolute Gasteiger partial charge is 0.256 e. The standard InChI is InChI=1S/C17H23N3O3S/c21-17(20-9-3-5-13-4-1-2-6-15(13)20)14-7-8-16-18-24(22,23)11-10-19(16)12-14/h7-8,12-13,15H,1-6,9-11H2/t13-,15-/m0/s1. The van der Waals surface area contributed by atoms with Crippen molar-refractivity contribution >= 4 is 21.8 Å². The highest BCUT2D eigenvalue weighted by Gasteiger charge is 2.37. The van der Waals surface area contributed by atoms with Crippen molar-refractivity contribution in [2.75, 3.05) is 18.8 Å². The van der Waals surface area contributed by atoms with Gasteiger partial charge in [-0.3, -0.25) is 4.79 Å². The van der Waals surface area contributed by atoms with Gasteiger partial charge in [-0.25, -0.2) is 8.42 Å². The van der Waals surface area contributed by atoms with Gasteiger partial charge < -0.3 is 9.80 Å². The third-order valence-corrected chi connectivity index (χ3v) is 6.74. The Hall–Kier alpha value is -1.63. The Morgan fingerprint density at radius 1 is 1.08 bits per heavy atom. The summed E-state index contributed by atoms with van der Waals surface area (Å²) in [5, 5.41) is 0. The molecule has 0 unspecified atom stereocenters. The predicted octanol–water partition coefficient (Wildman–Crippen LogP) is 1.67. The molecule has 3 heterocycles. The van der Waals surface area contributed by atoms with Gasteiger partial charge in [-0.2, -0.15) is 0 Å². The molecular formula is C17H23N3O3S. The van der Waals surface area contributed by atoms with Crippen molar-refractivity contribution < 1.29 is 13.2 Å². The van der Waals surface area contributed by atoms with Crippen molar-refractivity contribution in [2.45, 2.75) is 44.6 Å². The van der Waals surface area contributed by atoms with E-state index in [0.29, 0.717) is 29.9 Å². The largest absolute Gasteiger partial charge is 0.335 e. The Balaban J connectivity index is 1.55. The number of piperidine rings is 1. The molecule has 2 atom stereocenters. The summed E-state index contributed by atoms with van der Waals surface area (Å²) in [4.78, 5) is 16.9. The first-order chi connectivity index (χ1) is 11.5. The van der Waals surface area contributed by atoms with E-state index in [9.17, 15) is 13.2 Å². The number of hydrogen-bond acceptors (Lipinski definition) is 4. The number of nitrogens with zero attached hydrogens (tertiary/aromatic N) is 3. The molecule has 4 aliphatic rings. The average Bonchev–Trinajstić information content (AvgIpc) is 2.59. The first-order valence-corrected chi connectivity index (χ1v) is 10.4. The highest BCUT2D eigenvalue weighted by molar-refractivity contribution is 7.90. The molecule has 0 bridgehead atoms. The molecule has 2 fully saturated rings. The van der Waals surface area contributed by atoms with Crippen LogP contribution >= 0.6 is 0 Å². The minimum absolute atomic E-state index is 0.00325. The number of likely N-dealkylation sites (tertiary alicyclic amines) is 1. The molecule has 1 saturated carbocycles. The quantitative estimate of drug-likeness (QED) is 0.722. The van der Waals surface area contributed by atoms with E-state index < -0.39 is 10.0 Å². The summed E-state index contributed by atoms with van der Waals surface area (Å²) >= 11 is 0. The third-order valence-electron chi connectivity index (χ3n) is 5.57. The van der Waals surface area contributed by atoms with E-state index in [4.69, 9.17) is 0 Å². The average molecular weight is 349 g/mol. The van der Waals surface area contributed by atoms with Gasteiger partial charge in [0.2, 0.25) is 0 Å². The van der Waals surface area contributed by atoms with Gasteiger partial charge in [0, 0.05) is 25.3 Å². The van der Waals surface area contributed by atoms with Crippen molar-refractivity contribution in [3.05, 3.63) is 23.9 Å². The fourth-order valence-corrected chi connectivity index (χ4v) is 5.34. The molecule has 4 rings (SSSR count). The molecule has 0 radical (unpaired) electrons. The Morgan fingerprint density at radius 2 is 1.88 bits per heavy atom. The van der Waals surface area contributed by atoms with E-state index in [2.05, 4.69) is 9.30 Å². The van der Waals surface area contributed by atoms with Crippen LogP contribution in [0.3, 0.4) is 0 Å². The molecule has 0 aromatic carbocycles. The van der Waals surface area contributed by atoms with Crippen LogP contribution in [-0.4, -0.2) is 54.8 Å². The molecular weight excluding hydrogens is 326 g/mol. The topological polar surface area (TPSA) is 70.0 Å². The van der Waals surface area contributed by atoms with Crippen LogP contribution in [0.2, 0.25) is 0 Å². The van der Waals surface area contributed by atoms with Crippen molar-refractivity contribution in [1.29, 1.82) is 0 Å². The number of amidine groups is 1. The van der Waals surface area contributed by atoms with Crippen molar-refractivity contribution in [3.8, 4) is 0 Å². The number of carbonyl (C=O) groups excluding carboxylic acids is 1. The van der Waals surface area contributed by atoms with Gasteiger partial charge in [-0.05, 0) is 43.8 Å². The summed E-state index contributed by atoms with van der Waals surface area (Å²) in [7, 11) is -3.36. The van der Waals surface area contributed by atoms with Gasteiger partial charge in [-0.1, -0.05) is 12.8 Å². The molecule has 0 N–H and O–H groups in total. The summed E-state index contributed by atoms with van der Waals surface area (Å²) in [6.07, 6.45) is 12.3. The lowest BCUT2D eigenvalue weighted by atomic mass is 9.78. The molecule has 0 aromatic rings. The zero-order chi connectivity index (χ0) is 16.7. The number of sulfonamides is 1. The number of fused-ring (bicyclic) bond motifs is 2. The first kappa shape index (κ1) is 15.9. The zero-order valence-electron chi connectivity index (χ0n) is 13.7. The van der Waals surface area contributed by atoms with E-state index in [1.165, 1.54) is 25.7 Å². The van der Waals surface area contributed by atoms with Crippen molar-refractivity contribution in [3.63, 3.8) is 0 Å². The fraction of sp³-hybridized carbons (Fsp3) is 0.647. The second kappa shape index (κ2) is 6.02. The molecule has 130 valence electrons. The van der Waals surface area contributed by atoms with Crippen molar-refractivity contribution in [1.82, 2.24) is 9.80 Å². The minimum atomic E-state index is -3.36. The van der Waals surface area contributed by atoms with Crippen LogP contribution in [0.25, 0.3) is 0 Å². The highest BCUT2D eigenvalue weighted by atomic mass is 32.2. The maximum Gasteiger partial charge on any atom is 0.256 e. The molecule has 6 nitrogen and oxygen atoms in total. The molecule has 1 aliphatic carbocycles. The summed E-state index contributed by atoms with van der Waals surface area (Å²) < 4.78 is 26.9. The van der Waals surface area contributed by atoms with Gasteiger partial charge in [0.05, 0.1) is 11.3 Å². The molecule has 1 amide bonds. The SMILES string of the molecule is O=C(C1=CN2CCS(=O)(=O)N=C2C=C1)N1CCC[C@@H]2CCCC[C@@H]21. The monoisotopic (exact) mass is 349 g/mol. The van der Waals surface area contributed by atoms with Gasteiger partial charge in [0.25, 0.3) is 15.9 Å². The van der Waals surface area contributed by atoms with Gasteiger partial charge in [-0.15, -0.1) is 4.40 Å². The minimum Gasteiger partial charge on any atom is -0.335 e. The lowest BCUT2D eigenvalue weighted by molar-refractivity contribution is -0.133. The van der Waals surface area contributed by atoms with Crippen LogP contribution in [0.5, 0.6) is 0 Å². The molecule has 3 aliphatic heterocycles. The first-order valence-electron chi connectivity index (χ1n) is 8.84. The lowest BCUT2D eigenvalue weighted by Crippen LogP contribution is -2.50. The van der Waals surface area contributed by atoms with Gasteiger partial charge in [0.1, 0.15) is 5.84 Å². The summed E-state index contributed by atoms with van der Waals surface area (Å²) in [5.41, 5.74) is 0.638. The Labute approximate surface area is 143 Å². The highest BCUT2D eigenvalue weighted by Crippen LogP contribution is 2.36. The third kappa shape index (κ3) is 2.90. The molecule has 1 saturated heterocycles. The van der Waals surface area contributed by atoms with Crippen LogP contribution in [-0.2, 0) is 14.8 Å². The second-order valence-corrected chi connectivity index (χ2v) is 8.85. The number of carbonyl (C=O) groups is 1. The van der Waals surface area contributed by atoms with Crippen LogP contribution < -0.4 is 0 Å². The second-order valence-electron chi connectivity index (χ2n) is 7.10. The van der Waals surface area contributed by atoms with E-state index in [-0.39, 0.29) is 11.7 Å². The van der Waals surface area contributed by atoms with E-state index >= 15 is 0 Å². The van der Waals surface area contributed by atoms with Crippen molar-refractivity contribution in [2.24, 2.45) is 10.3 Å². The Bertz CT molecular complexity index is 736. The molecule has 0 spiro atoms. The zero-order valence-corrected chi connectivity index (χ0v) is 14.5. The number of amides is 1. The van der Waals surface area contributed by atoms with Crippen LogP contribution in [0.15, 0.2) is 28.3 Å². The maximum atomic E-state index is 13.0. The molecule has 7 heteroatoms. The maximum absolute atomic E-state index is 13.0. The van der Waals surface area contributed by atoms with Crippen LogP contribution in [0.1, 0.15) is 38.5 Å². The van der Waals surface area contributed by atoms with Gasteiger partial charge in [0.15, 0.2) is 0 Å². The van der Waals surface area contributed by atoms with E-state index in [1.54, 1.807) is 23.3 Å². The Morgan fingerprint density at radius 3 is 2.75 bits per heavy atom. The summed E-state index contributed by atoms with van der Waals surface area (Å²) in [5.74, 6) is 1.14. The number of rotatable bonds is 1. The molecule has 24 heavy (non-hydrogen) atoms. The number of hydrogen-bond donors (Lipinski definition) is 0. The molecule has 0 aromatic heterocycles. The summed E-state index contributed by atoms with van der Waals surface area (Å²) in [6.45, 7) is 1.19. The summed E-state index contributed by atoms with van der Waals surface area (Å²) in [6, 6.07) is 0.381. The van der Waals surface area contributed by atoms with Crippen LogP contribution in [0, 0.1) is 5.92 Å². The lowest BCUT2D eigenvalue weighted by Gasteiger charge is -2.44. The normalized spacial score (nSPS) is 31.7. The predicted molar refractivity (Wildman–Crippen MR) is 91.8 cm³/mol.